The van der Waals surface area contributed by atoms with Gasteiger partial charge in [-0.2, -0.15) is 0 Å². The number of benzene rings is 1. The average Bonchev–Trinajstić information content (AvgIpc) is 2.35. The molecule has 3 nitrogen and oxygen atoms in total. The Hall–Kier alpha value is -1.35. The van der Waals surface area contributed by atoms with E-state index in [4.69, 9.17) is 0 Å². The molecule has 0 aliphatic rings. The third-order valence-corrected chi connectivity index (χ3v) is 2.88. The molecule has 0 radical (unpaired) electrons. The van der Waals surface area contributed by atoms with Crippen molar-refractivity contribution in [3.05, 3.63) is 35.9 Å². The Kier molecular flexibility index (Phi) is 4.99. The van der Waals surface area contributed by atoms with Crippen LogP contribution in [0.3, 0.4) is 0 Å². The van der Waals surface area contributed by atoms with E-state index in [2.05, 4.69) is 5.32 Å². The van der Waals surface area contributed by atoms with E-state index in [-0.39, 0.29) is 24.5 Å². The van der Waals surface area contributed by atoms with E-state index in [0.29, 0.717) is 5.56 Å². The molecule has 3 heteroatoms. The summed E-state index contributed by atoms with van der Waals surface area (Å²) in [6.45, 7) is 4.04. The van der Waals surface area contributed by atoms with E-state index < -0.39 is 0 Å². The van der Waals surface area contributed by atoms with Crippen molar-refractivity contribution in [2.45, 2.75) is 26.3 Å². The van der Waals surface area contributed by atoms with E-state index in [9.17, 15) is 9.90 Å². The van der Waals surface area contributed by atoms with Crippen molar-refractivity contribution >= 4 is 5.91 Å². The predicted octanol–water partition coefficient (Wildman–Crippen LogP) is 1.82. The summed E-state index contributed by atoms with van der Waals surface area (Å²) in [5.74, 6) is 0.151. The van der Waals surface area contributed by atoms with Crippen LogP contribution in [0.1, 0.15) is 30.6 Å². The highest BCUT2D eigenvalue weighted by molar-refractivity contribution is 5.94. The minimum atomic E-state index is -0.169. The third kappa shape index (κ3) is 3.35. The van der Waals surface area contributed by atoms with Crippen molar-refractivity contribution in [2.24, 2.45) is 5.92 Å². The number of hydrogen-bond donors (Lipinski definition) is 2. The fraction of sp³-hybridized carbons (Fsp3) is 0.462. The van der Waals surface area contributed by atoms with Crippen LogP contribution >= 0.6 is 0 Å². The second-order valence-electron chi connectivity index (χ2n) is 4.01. The van der Waals surface area contributed by atoms with E-state index in [1.165, 1.54) is 0 Å². The lowest BCUT2D eigenvalue weighted by Gasteiger charge is -2.22. The van der Waals surface area contributed by atoms with E-state index in [1.54, 1.807) is 12.1 Å². The summed E-state index contributed by atoms with van der Waals surface area (Å²) >= 11 is 0. The van der Waals surface area contributed by atoms with Crippen LogP contribution < -0.4 is 5.32 Å². The Balaban J connectivity index is 2.63. The number of aliphatic hydroxyl groups is 1. The predicted molar refractivity (Wildman–Crippen MR) is 64.2 cm³/mol. The molecule has 0 saturated carbocycles. The zero-order valence-electron chi connectivity index (χ0n) is 9.81. The second-order valence-corrected chi connectivity index (χ2v) is 4.01. The highest BCUT2D eigenvalue weighted by Crippen LogP contribution is 2.08. The maximum Gasteiger partial charge on any atom is 0.251 e. The number of carbonyl (C=O) groups is 1. The van der Waals surface area contributed by atoms with Gasteiger partial charge in [0.15, 0.2) is 0 Å². The molecule has 0 aromatic heterocycles. The SMILES string of the molecule is CC[C@@H](C)C(CO)NC(=O)c1ccccc1. The van der Waals surface area contributed by atoms with Gasteiger partial charge in [-0.15, -0.1) is 0 Å². The van der Waals surface area contributed by atoms with Crippen LogP contribution in [0.15, 0.2) is 30.3 Å². The summed E-state index contributed by atoms with van der Waals surface area (Å²) in [4.78, 5) is 11.8. The topological polar surface area (TPSA) is 49.3 Å². The van der Waals surface area contributed by atoms with Crippen LogP contribution in [0.2, 0.25) is 0 Å². The summed E-state index contributed by atoms with van der Waals surface area (Å²) < 4.78 is 0. The minimum absolute atomic E-state index is 0.0203. The Morgan fingerprint density at radius 3 is 2.50 bits per heavy atom. The summed E-state index contributed by atoms with van der Waals surface area (Å²) in [7, 11) is 0. The van der Waals surface area contributed by atoms with Crippen LogP contribution in [-0.2, 0) is 0 Å². The van der Waals surface area contributed by atoms with Crippen molar-refractivity contribution in [3.8, 4) is 0 Å². The third-order valence-electron chi connectivity index (χ3n) is 2.88. The van der Waals surface area contributed by atoms with Crippen LogP contribution in [0.4, 0.5) is 0 Å². The second kappa shape index (κ2) is 6.28. The van der Waals surface area contributed by atoms with Gasteiger partial charge in [-0.05, 0) is 18.1 Å². The first kappa shape index (κ1) is 12.7. The fourth-order valence-corrected chi connectivity index (χ4v) is 1.49. The molecule has 1 amide bonds. The molecule has 88 valence electrons. The molecule has 1 aromatic rings. The Bertz CT molecular complexity index is 324. The Labute approximate surface area is 96.5 Å². The molecule has 1 unspecified atom stereocenters. The summed E-state index contributed by atoms with van der Waals surface area (Å²) in [6.07, 6.45) is 0.931. The monoisotopic (exact) mass is 221 g/mol. The molecule has 2 N–H and O–H groups in total. The molecule has 0 saturated heterocycles. The number of hydrogen-bond acceptors (Lipinski definition) is 2. The van der Waals surface area contributed by atoms with Gasteiger partial charge in [0.25, 0.3) is 5.91 Å². The molecule has 0 bridgehead atoms. The number of nitrogens with one attached hydrogen (secondary N) is 1. The smallest absolute Gasteiger partial charge is 0.251 e. The lowest BCUT2D eigenvalue weighted by Crippen LogP contribution is -2.41. The van der Waals surface area contributed by atoms with Crippen molar-refractivity contribution < 1.29 is 9.90 Å². The van der Waals surface area contributed by atoms with Gasteiger partial charge in [0, 0.05) is 5.56 Å². The number of aliphatic hydroxyl groups excluding tert-OH is 1. The van der Waals surface area contributed by atoms with Crippen LogP contribution in [0, 0.1) is 5.92 Å². The summed E-state index contributed by atoms with van der Waals surface area (Å²) in [5, 5.41) is 12.1. The van der Waals surface area contributed by atoms with Gasteiger partial charge in [-0.25, -0.2) is 0 Å². The van der Waals surface area contributed by atoms with Crippen molar-refractivity contribution in [3.63, 3.8) is 0 Å². The quantitative estimate of drug-likeness (QED) is 0.797. The molecule has 1 rings (SSSR count). The van der Waals surface area contributed by atoms with Gasteiger partial charge in [0.05, 0.1) is 12.6 Å². The van der Waals surface area contributed by atoms with Crippen LogP contribution in [0.25, 0.3) is 0 Å². The van der Waals surface area contributed by atoms with E-state index in [1.807, 2.05) is 32.0 Å². The molecule has 0 aliphatic carbocycles. The Morgan fingerprint density at radius 1 is 1.38 bits per heavy atom. The molecule has 0 heterocycles. The first-order valence-electron chi connectivity index (χ1n) is 5.65. The molecular formula is C13H19NO2. The first-order chi connectivity index (χ1) is 7.69. The highest BCUT2D eigenvalue weighted by atomic mass is 16.3. The molecule has 0 spiro atoms. The fourth-order valence-electron chi connectivity index (χ4n) is 1.49. The van der Waals surface area contributed by atoms with Gasteiger partial charge < -0.3 is 10.4 Å². The highest BCUT2D eigenvalue weighted by Gasteiger charge is 2.17. The number of amides is 1. The molecule has 16 heavy (non-hydrogen) atoms. The maximum absolute atomic E-state index is 11.8. The maximum atomic E-state index is 11.8. The van der Waals surface area contributed by atoms with Gasteiger partial charge in [-0.1, -0.05) is 38.5 Å². The number of carbonyl (C=O) groups excluding carboxylic acids is 1. The van der Waals surface area contributed by atoms with Gasteiger partial charge in [0.2, 0.25) is 0 Å². The van der Waals surface area contributed by atoms with Crippen LogP contribution in [-0.4, -0.2) is 23.7 Å². The minimum Gasteiger partial charge on any atom is -0.394 e. The molecule has 1 aromatic carbocycles. The molecule has 2 atom stereocenters. The number of rotatable bonds is 5. The summed E-state index contributed by atoms with van der Waals surface area (Å²) in [5.41, 5.74) is 0.629. The molecule has 0 fully saturated rings. The zero-order valence-corrected chi connectivity index (χ0v) is 9.81. The average molecular weight is 221 g/mol. The molecular weight excluding hydrogens is 202 g/mol. The van der Waals surface area contributed by atoms with Gasteiger partial charge in [-0.3, -0.25) is 4.79 Å². The van der Waals surface area contributed by atoms with E-state index in [0.717, 1.165) is 6.42 Å². The standard InChI is InChI=1S/C13H19NO2/c1-3-10(2)12(9-15)14-13(16)11-7-5-4-6-8-11/h4-8,10,12,15H,3,9H2,1-2H3,(H,14,16)/t10-,12?/m1/s1. The van der Waals surface area contributed by atoms with Crippen LogP contribution in [0.5, 0.6) is 0 Å². The van der Waals surface area contributed by atoms with Gasteiger partial charge in [0.1, 0.15) is 0 Å². The molecule has 0 aliphatic heterocycles. The van der Waals surface area contributed by atoms with Crippen molar-refractivity contribution in [2.75, 3.05) is 6.61 Å². The summed E-state index contributed by atoms with van der Waals surface area (Å²) in [6, 6.07) is 8.88. The van der Waals surface area contributed by atoms with Gasteiger partial charge >= 0.3 is 0 Å². The van der Waals surface area contributed by atoms with E-state index >= 15 is 0 Å². The first-order valence-corrected chi connectivity index (χ1v) is 5.65. The lowest BCUT2D eigenvalue weighted by atomic mass is 9.99. The lowest BCUT2D eigenvalue weighted by molar-refractivity contribution is 0.0891. The zero-order chi connectivity index (χ0) is 12.0. The Morgan fingerprint density at radius 2 is 2.00 bits per heavy atom. The normalized spacial score (nSPS) is 14.2. The van der Waals surface area contributed by atoms with Crippen molar-refractivity contribution in [1.82, 2.24) is 5.32 Å². The largest absolute Gasteiger partial charge is 0.394 e. The van der Waals surface area contributed by atoms with Crippen molar-refractivity contribution in [1.29, 1.82) is 0 Å².